The lowest BCUT2D eigenvalue weighted by Crippen LogP contribution is -2.46. The maximum Gasteiger partial charge on any atom is 0.235 e. The summed E-state index contributed by atoms with van der Waals surface area (Å²) < 4.78 is 0. The predicted octanol–water partition coefficient (Wildman–Crippen LogP) is -1.69. The summed E-state index contributed by atoms with van der Waals surface area (Å²) in [5, 5.41) is 5.02. The number of hydrogen-bond donors (Lipinski definition) is 4. The molecule has 1 unspecified atom stereocenters. The van der Waals surface area contributed by atoms with Gasteiger partial charge in [-0.1, -0.05) is 0 Å². The molecule has 98 valence electrons. The highest BCUT2D eigenvalue weighted by molar-refractivity contribution is 5.88. The van der Waals surface area contributed by atoms with Crippen LogP contribution in [0.2, 0.25) is 0 Å². The first-order valence-electron chi connectivity index (χ1n) is 5.41. The maximum atomic E-state index is 11.4. The highest BCUT2D eigenvalue weighted by Gasteiger charge is 2.17. The average Bonchev–Trinajstić information content (AvgIpc) is 2.30. The molecule has 0 saturated carbocycles. The predicted molar refractivity (Wildman–Crippen MR) is 63.0 cm³/mol. The molecule has 17 heavy (non-hydrogen) atoms. The van der Waals surface area contributed by atoms with E-state index in [1.807, 2.05) is 0 Å². The number of amides is 2. The number of carbonyl (C=O) groups is 3. The molecular formula is C10H20N4O3. The number of nitrogens with one attached hydrogen (secondary N) is 4. The van der Waals surface area contributed by atoms with Gasteiger partial charge >= 0.3 is 0 Å². The molecule has 0 bridgehead atoms. The van der Waals surface area contributed by atoms with Gasteiger partial charge in [0.2, 0.25) is 11.8 Å². The van der Waals surface area contributed by atoms with E-state index in [2.05, 4.69) is 21.5 Å². The Balaban J connectivity index is 4.10. The number of Topliss-reactive ketones (excluding diaryl/α,β-unsaturated/α-hetero) is 1. The fraction of sp³-hybridized carbons (Fsp3) is 0.700. The molecule has 0 saturated heterocycles. The zero-order valence-electron chi connectivity index (χ0n) is 10.4. The van der Waals surface area contributed by atoms with Crippen molar-refractivity contribution in [1.82, 2.24) is 21.5 Å². The lowest BCUT2D eigenvalue weighted by atomic mass is 10.1. The first-order valence-corrected chi connectivity index (χ1v) is 5.41. The van der Waals surface area contributed by atoms with Gasteiger partial charge in [-0.2, -0.15) is 0 Å². The molecule has 0 aliphatic carbocycles. The van der Waals surface area contributed by atoms with Crippen molar-refractivity contribution in [2.75, 3.05) is 20.6 Å². The second-order valence-corrected chi connectivity index (χ2v) is 3.55. The summed E-state index contributed by atoms with van der Waals surface area (Å²) in [5.41, 5.74) is 5.22. The lowest BCUT2D eigenvalue weighted by Gasteiger charge is -2.15. The molecule has 0 fully saturated rings. The minimum absolute atomic E-state index is 0.0697. The number of hydrogen-bond acceptors (Lipinski definition) is 5. The van der Waals surface area contributed by atoms with Crippen molar-refractivity contribution in [3.8, 4) is 0 Å². The molecule has 0 rings (SSSR count). The van der Waals surface area contributed by atoms with Gasteiger partial charge in [0.05, 0.1) is 12.6 Å². The number of carbonyl (C=O) groups excluding carboxylic acids is 3. The highest BCUT2D eigenvalue weighted by atomic mass is 16.2. The van der Waals surface area contributed by atoms with E-state index in [0.29, 0.717) is 6.42 Å². The quantitative estimate of drug-likeness (QED) is 0.382. The molecule has 0 radical (unpaired) electrons. The third-order valence-electron chi connectivity index (χ3n) is 2.19. The van der Waals surface area contributed by atoms with E-state index in [4.69, 9.17) is 0 Å². The molecule has 0 heterocycles. The van der Waals surface area contributed by atoms with Crippen LogP contribution in [-0.4, -0.2) is 44.3 Å². The van der Waals surface area contributed by atoms with Gasteiger partial charge in [-0.25, -0.2) is 5.43 Å². The summed E-state index contributed by atoms with van der Waals surface area (Å²) >= 11 is 0. The van der Waals surface area contributed by atoms with Crippen LogP contribution in [0.25, 0.3) is 0 Å². The standard InChI is InChI=1S/C10H20N4O3/c1-7(15)8(4-5-9(16)11-2)14-10(17)6-13-12-3/h8,12-13H,4-6H2,1-3H3,(H,11,16)(H,14,17). The van der Waals surface area contributed by atoms with Crippen LogP contribution in [0.1, 0.15) is 19.8 Å². The van der Waals surface area contributed by atoms with E-state index in [-0.39, 0.29) is 30.6 Å². The monoisotopic (exact) mass is 244 g/mol. The molecule has 0 aromatic heterocycles. The van der Waals surface area contributed by atoms with Crippen molar-refractivity contribution in [3.05, 3.63) is 0 Å². The first kappa shape index (κ1) is 15.5. The third kappa shape index (κ3) is 7.42. The van der Waals surface area contributed by atoms with Crippen LogP contribution in [0, 0.1) is 0 Å². The van der Waals surface area contributed by atoms with Crippen molar-refractivity contribution >= 4 is 17.6 Å². The summed E-state index contributed by atoms with van der Waals surface area (Å²) in [6, 6.07) is -0.613. The Morgan fingerprint density at radius 3 is 2.24 bits per heavy atom. The van der Waals surface area contributed by atoms with E-state index in [0.717, 1.165) is 0 Å². The Hall–Kier alpha value is -1.47. The van der Waals surface area contributed by atoms with Gasteiger partial charge in [0.1, 0.15) is 0 Å². The van der Waals surface area contributed by atoms with E-state index >= 15 is 0 Å². The molecule has 0 aromatic rings. The van der Waals surface area contributed by atoms with Gasteiger partial charge in [0, 0.05) is 13.5 Å². The number of hydrazine groups is 1. The number of rotatable bonds is 8. The average molecular weight is 244 g/mol. The van der Waals surface area contributed by atoms with Crippen molar-refractivity contribution in [1.29, 1.82) is 0 Å². The van der Waals surface area contributed by atoms with Crippen LogP contribution in [0.5, 0.6) is 0 Å². The van der Waals surface area contributed by atoms with Crippen LogP contribution >= 0.6 is 0 Å². The molecule has 1 atom stereocenters. The fourth-order valence-corrected chi connectivity index (χ4v) is 1.19. The molecule has 0 aliphatic heterocycles. The van der Waals surface area contributed by atoms with Crippen LogP contribution in [0.15, 0.2) is 0 Å². The lowest BCUT2D eigenvalue weighted by molar-refractivity contribution is -0.127. The van der Waals surface area contributed by atoms with Gasteiger partial charge in [0.25, 0.3) is 0 Å². The van der Waals surface area contributed by atoms with Gasteiger partial charge in [-0.05, 0) is 20.4 Å². The highest BCUT2D eigenvalue weighted by Crippen LogP contribution is 1.98. The van der Waals surface area contributed by atoms with Gasteiger partial charge in [-0.15, -0.1) is 0 Å². The summed E-state index contributed by atoms with van der Waals surface area (Å²) in [5.74, 6) is -0.609. The largest absolute Gasteiger partial charge is 0.359 e. The Labute approximate surface area is 101 Å². The summed E-state index contributed by atoms with van der Waals surface area (Å²) in [7, 11) is 3.17. The topological polar surface area (TPSA) is 99.3 Å². The minimum atomic E-state index is -0.613. The molecule has 2 amide bonds. The van der Waals surface area contributed by atoms with Gasteiger partial charge < -0.3 is 10.6 Å². The SMILES string of the molecule is CNNCC(=O)NC(CCC(=O)NC)C(C)=O. The third-order valence-corrected chi connectivity index (χ3v) is 2.19. The molecule has 0 aromatic carbocycles. The van der Waals surface area contributed by atoms with Gasteiger partial charge in [-0.3, -0.25) is 19.8 Å². The second-order valence-electron chi connectivity index (χ2n) is 3.55. The normalized spacial score (nSPS) is 11.7. The van der Waals surface area contributed by atoms with Crippen molar-refractivity contribution in [2.24, 2.45) is 0 Å². The van der Waals surface area contributed by atoms with Crippen LogP contribution in [0.3, 0.4) is 0 Å². The second kappa shape index (κ2) is 8.66. The Morgan fingerprint density at radius 2 is 1.76 bits per heavy atom. The van der Waals surface area contributed by atoms with Crippen LogP contribution in [0.4, 0.5) is 0 Å². The van der Waals surface area contributed by atoms with E-state index in [1.165, 1.54) is 14.0 Å². The molecular weight excluding hydrogens is 224 g/mol. The summed E-state index contributed by atoms with van der Waals surface area (Å²) in [6.07, 6.45) is 0.515. The fourth-order valence-electron chi connectivity index (χ4n) is 1.19. The Bertz CT molecular complexity index is 281. The molecule has 0 spiro atoms. The first-order chi connectivity index (χ1) is 8.01. The minimum Gasteiger partial charge on any atom is -0.359 e. The summed E-state index contributed by atoms with van der Waals surface area (Å²) in [4.78, 5) is 33.7. The van der Waals surface area contributed by atoms with Crippen molar-refractivity contribution in [2.45, 2.75) is 25.8 Å². The maximum absolute atomic E-state index is 11.4. The zero-order valence-corrected chi connectivity index (χ0v) is 10.4. The van der Waals surface area contributed by atoms with Crippen molar-refractivity contribution < 1.29 is 14.4 Å². The zero-order chi connectivity index (χ0) is 13.3. The van der Waals surface area contributed by atoms with E-state index < -0.39 is 6.04 Å². The van der Waals surface area contributed by atoms with Gasteiger partial charge in [0.15, 0.2) is 5.78 Å². The Morgan fingerprint density at radius 1 is 1.12 bits per heavy atom. The molecule has 7 nitrogen and oxygen atoms in total. The van der Waals surface area contributed by atoms with Crippen LogP contribution in [-0.2, 0) is 14.4 Å². The number of ketones is 1. The van der Waals surface area contributed by atoms with Crippen molar-refractivity contribution in [3.63, 3.8) is 0 Å². The smallest absolute Gasteiger partial charge is 0.235 e. The summed E-state index contributed by atoms with van der Waals surface area (Å²) in [6.45, 7) is 1.46. The molecule has 0 aliphatic rings. The van der Waals surface area contributed by atoms with E-state index in [9.17, 15) is 14.4 Å². The Kier molecular flexibility index (Phi) is 7.91. The van der Waals surface area contributed by atoms with E-state index in [1.54, 1.807) is 7.05 Å². The molecule has 7 heteroatoms. The van der Waals surface area contributed by atoms with Crippen LogP contribution < -0.4 is 21.5 Å². The molecule has 4 N–H and O–H groups in total.